The van der Waals surface area contributed by atoms with Gasteiger partial charge in [0.2, 0.25) is 6.71 Å². The maximum absolute atomic E-state index is 2.53. The van der Waals surface area contributed by atoms with Crippen molar-refractivity contribution in [3.63, 3.8) is 0 Å². The first-order valence-electron chi connectivity index (χ1n) is 16.2. The smallest absolute Gasteiger partial charge is 0.248 e. The van der Waals surface area contributed by atoms with Gasteiger partial charge in [-0.3, -0.25) is 0 Å². The fraction of sp³-hybridized carbons (Fsp3) is 0.143. The zero-order valence-corrected chi connectivity index (χ0v) is 27.0. The summed E-state index contributed by atoms with van der Waals surface area (Å²) in [6, 6.07) is 46.3. The number of thiophene rings is 1. The lowest BCUT2D eigenvalue weighted by atomic mass is 9.37. The molecule has 0 aliphatic carbocycles. The van der Waals surface area contributed by atoms with Gasteiger partial charge in [0.25, 0.3) is 0 Å². The van der Waals surface area contributed by atoms with Crippen molar-refractivity contribution in [3.05, 3.63) is 132 Å². The lowest BCUT2D eigenvalue weighted by Crippen LogP contribution is -2.54. The Kier molecular flexibility index (Phi) is 5.92. The third-order valence-corrected chi connectivity index (χ3v) is 11.2. The Balaban J connectivity index is 1.33. The quantitative estimate of drug-likeness (QED) is 0.183. The molecule has 0 bridgehead atoms. The first-order chi connectivity index (χ1) is 22.0. The molecule has 216 valence electrons. The average Bonchev–Trinajstić information content (AvgIpc) is 3.61. The van der Waals surface area contributed by atoms with Crippen LogP contribution in [-0.2, 0) is 0 Å². The summed E-state index contributed by atoms with van der Waals surface area (Å²) in [5, 5.41) is 2.68. The minimum atomic E-state index is 0.225. The lowest BCUT2D eigenvalue weighted by molar-refractivity contribution is 0.866. The van der Waals surface area contributed by atoms with Crippen LogP contribution in [0.2, 0.25) is 0 Å². The molecule has 0 atom stereocenters. The van der Waals surface area contributed by atoms with Crippen molar-refractivity contribution in [3.8, 4) is 22.3 Å². The van der Waals surface area contributed by atoms with E-state index in [1.54, 1.807) is 0 Å². The molecule has 1 nitrogen and oxygen atoms in total. The summed E-state index contributed by atoms with van der Waals surface area (Å²) in [6.07, 6.45) is 0. The molecule has 0 saturated carbocycles. The van der Waals surface area contributed by atoms with E-state index in [1.165, 1.54) is 87.0 Å². The van der Waals surface area contributed by atoms with Crippen LogP contribution in [0.1, 0.15) is 50.7 Å². The zero-order chi connectivity index (χ0) is 30.4. The third-order valence-electron chi connectivity index (χ3n) is 10.0. The van der Waals surface area contributed by atoms with Crippen LogP contribution in [-0.4, -0.2) is 6.71 Å². The van der Waals surface area contributed by atoms with Gasteiger partial charge in [-0.1, -0.05) is 106 Å². The Morgan fingerprint density at radius 2 is 1.27 bits per heavy atom. The van der Waals surface area contributed by atoms with E-state index in [-0.39, 0.29) is 6.71 Å². The molecule has 0 fully saturated rings. The predicted molar refractivity (Wildman–Crippen MR) is 198 cm³/mol. The zero-order valence-electron chi connectivity index (χ0n) is 26.1. The van der Waals surface area contributed by atoms with E-state index in [9.17, 15) is 0 Å². The van der Waals surface area contributed by atoms with Crippen LogP contribution in [0.5, 0.6) is 0 Å². The molecule has 0 saturated heterocycles. The topological polar surface area (TPSA) is 3.24 Å². The minimum Gasteiger partial charge on any atom is -0.311 e. The number of benzene rings is 6. The van der Waals surface area contributed by atoms with E-state index in [0.29, 0.717) is 11.8 Å². The van der Waals surface area contributed by atoms with Crippen LogP contribution in [0, 0.1) is 0 Å². The van der Waals surface area contributed by atoms with E-state index in [1.807, 2.05) is 11.3 Å². The van der Waals surface area contributed by atoms with Crippen molar-refractivity contribution >= 4 is 71.7 Å². The number of fused-ring (bicyclic) bond motifs is 8. The van der Waals surface area contributed by atoms with Crippen molar-refractivity contribution in [1.29, 1.82) is 0 Å². The van der Waals surface area contributed by atoms with Crippen LogP contribution in [0.25, 0.3) is 42.4 Å². The summed E-state index contributed by atoms with van der Waals surface area (Å²) in [7, 11) is 0. The molecule has 0 N–H and O–H groups in total. The fourth-order valence-corrected chi connectivity index (χ4v) is 8.76. The first kappa shape index (κ1) is 26.8. The maximum Gasteiger partial charge on any atom is 0.248 e. The number of rotatable bonds is 4. The summed E-state index contributed by atoms with van der Waals surface area (Å²) in [5.74, 6) is 0.966. The monoisotopic (exact) mass is 595 g/mol. The Bertz CT molecular complexity index is 2290. The standard InChI is InChI=1S/C42H34BNS/c1-25(2)27-13-17-31(18-14-27)44-38-19-15-28(26(3)4)23-37(38)43-36-11-7-5-9-32(36)35-22-30(24-39(44)42(35)43)29-16-20-41-34(21-29)33-10-6-8-12-40(33)45-41/h5-26H,1-4H3. The molecule has 0 unspecified atom stereocenters. The van der Waals surface area contributed by atoms with Crippen molar-refractivity contribution in [1.82, 2.24) is 0 Å². The van der Waals surface area contributed by atoms with Crippen molar-refractivity contribution in [2.45, 2.75) is 39.5 Å². The molecule has 3 heteroatoms. The van der Waals surface area contributed by atoms with Crippen LogP contribution < -0.4 is 21.3 Å². The largest absolute Gasteiger partial charge is 0.311 e. The van der Waals surface area contributed by atoms with Crippen LogP contribution in [0.4, 0.5) is 17.1 Å². The summed E-state index contributed by atoms with van der Waals surface area (Å²) in [6.45, 7) is 9.36. The third kappa shape index (κ3) is 4.00. The number of hydrogen-bond donors (Lipinski definition) is 0. The molecule has 0 amide bonds. The number of anilines is 3. The second-order valence-corrected chi connectivity index (χ2v) is 14.4. The van der Waals surface area contributed by atoms with Gasteiger partial charge in [-0.2, -0.15) is 0 Å². The van der Waals surface area contributed by atoms with Gasteiger partial charge in [0, 0.05) is 37.2 Å². The van der Waals surface area contributed by atoms with E-state index >= 15 is 0 Å². The molecule has 0 spiro atoms. The lowest BCUT2D eigenvalue weighted by Gasteiger charge is -2.37. The molecular weight excluding hydrogens is 561 g/mol. The van der Waals surface area contributed by atoms with Gasteiger partial charge in [0.15, 0.2) is 0 Å². The van der Waals surface area contributed by atoms with Crippen LogP contribution in [0.3, 0.4) is 0 Å². The highest BCUT2D eigenvalue weighted by molar-refractivity contribution is 7.25. The minimum absolute atomic E-state index is 0.225. The molecule has 6 aromatic carbocycles. The van der Waals surface area contributed by atoms with Gasteiger partial charge >= 0.3 is 0 Å². The van der Waals surface area contributed by atoms with E-state index < -0.39 is 0 Å². The molecule has 9 rings (SSSR count). The Hall–Kier alpha value is -4.60. The normalized spacial score (nSPS) is 13.2. The predicted octanol–water partition coefficient (Wildman–Crippen LogP) is 10.2. The molecular formula is C42H34BNS. The summed E-state index contributed by atoms with van der Waals surface area (Å²) in [4.78, 5) is 2.53. The van der Waals surface area contributed by atoms with Gasteiger partial charge in [0.1, 0.15) is 0 Å². The van der Waals surface area contributed by atoms with Crippen LogP contribution >= 0.6 is 11.3 Å². The average molecular weight is 596 g/mol. The highest BCUT2D eigenvalue weighted by atomic mass is 32.1. The van der Waals surface area contributed by atoms with E-state index in [2.05, 4.69) is 154 Å². The van der Waals surface area contributed by atoms with Gasteiger partial charge in [-0.05, 0) is 105 Å². The molecule has 2 aliphatic heterocycles. The molecule has 7 aromatic rings. The maximum atomic E-state index is 2.53. The Morgan fingerprint density at radius 3 is 2.09 bits per heavy atom. The van der Waals surface area contributed by atoms with Crippen LogP contribution in [0.15, 0.2) is 121 Å². The van der Waals surface area contributed by atoms with E-state index in [4.69, 9.17) is 0 Å². The number of nitrogens with zero attached hydrogens (tertiary/aromatic N) is 1. The Morgan fingerprint density at radius 1 is 0.533 bits per heavy atom. The fourth-order valence-electron chi connectivity index (χ4n) is 7.68. The van der Waals surface area contributed by atoms with Gasteiger partial charge in [-0.15, -0.1) is 11.3 Å². The first-order valence-corrected chi connectivity index (χ1v) is 17.0. The summed E-state index contributed by atoms with van der Waals surface area (Å²) >= 11 is 1.88. The van der Waals surface area contributed by atoms with E-state index in [0.717, 1.165) is 0 Å². The highest BCUT2D eigenvalue weighted by Crippen LogP contribution is 2.44. The summed E-state index contributed by atoms with van der Waals surface area (Å²) in [5.41, 5.74) is 16.1. The highest BCUT2D eigenvalue weighted by Gasteiger charge is 2.42. The Labute approximate surface area is 269 Å². The number of hydrogen-bond acceptors (Lipinski definition) is 2. The summed E-state index contributed by atoms with van der Waals surface area (Å²) < 4.78 is 2.69. The van der Waals surface area contributed by atoms with Crippen molar-refractivity contribution in [2.75, 3.05) is 4.90 Å². The molecule has 0 radical (unpaired) electrons. The van der Waals surface area contributed by atoms with Crippen molar-refractivity contribution < 1.29 is 0 Å². The molecule has 2 aliphatic rings. The second kappa shape index (κ2) is 9.96. The SMILES string of the molecule is CC(C)c1ccc(N2c3ccc(C(C)C)cc3B3c4ccccc4-c4cc(-c5ccc6sc7ccccc7c6c5)cc2c43)cc1. The van der Waals surface area contributed by atoms with Gasteiger partial charge in [-0.25, -0.2) is 0 Å². The molecule has 1 aromatic heterocycles. The molecule has 3 heterocycles. The van der Waals surface area contributed by atoms with Crippen molar-refractivity contribution in [2.24, 2.45) is 0 Å². The van der Waals surface area contributed by atoms with Gasteiger partial charge in [0.05, 0.1) is 0 Å². The molecule has 45 heavy (non-hydrogen) atoms. The second-order valence-electron chi connectivity index (χ2n) is 13.3. The van der Waals surface area contributed by atoms with Gasteiger partial charge < -0.3 is 4.90 Å².